The molecule has 1 aliphatic heterocycles. The Labute approximate surface area is 179 Å². The average Bonchev–Trinajstić information content (AvgIpc) is 3.38. The first-order valence-electron chi connectivity index (χ1n) is 8.99. The van der Waals surface area contributed by atoms with Gasteiger partial charge in [0.15, 0.2) is 16.7 Å². The summed E-state index contributed by atoms with van der Waals surface area (Å²) < 4.78 is 0.534. The van der Waals surface area contributed by atoms with Crippen LogP contribution in [-0.2, 0) is 9.59 Å². The molecule has 0 fully saturated rings. The van der Waals surface area contributed by atoms with E-state index in [0.29, 0.717) is 15.1 Å². The van der Waals surface area contributed by atoms with Gasteiger partial charge in [0.05, 0.1) is 20.7 Å². The van der Waals surface area contributed by atoms with Gasteiger partial charge in [-0.15, -0.1) is 11.3 Å². The number of nitrogens with zero attached hydrogens (tertiary/aromatic N) is 3. The summed E-state index contributed by atoms with van der Waals surface area (Å²) in [4.78, 5) is 43.2. The van der Waals surface area contributed by atoms with Crippen LogP contribution >= 0.6 is 22.7 Å². The van der Waals surface area contributed by atoms with Gasteiger partial charge in [-0.1, -0.05) is 38.2 Å². The lowest BCUT2D eigenvalue weighted by atomic mass is 9.83. The molecule has 1 aliphatic rings. The van der Waals surface area contributed by atoms with E-state index in [-0.39, 0.29) is 22.2 Å². The number of thiophene rings is 1. The van der Waals surface area contributed by atoms with E-state index in [1.54, 1.807) is 32.9 Å². The molecule has 154 valence electrons. The number of hydrogen-bond donors (Lipinski definition) is 1. The zero-order valence-corrected chi connectivity index (χ0v) is 17.9. The van der Waals surface area contributed by atoms with Crippen LogP contribution in [0.1, 0.15) is 31.7 Å². The molecule has 0 saturated heterocycles. The van der Waals surface area contributed by atoms with Gasteiger partial charge in [0.25, 0.3) is 11.6 Å². The third kappa shape index (κ3) is 3.17. The molecule has 0 radical (unpaired) electrons. The van der Waals surface area contributed by atoms with Gasteiger partial charge in [0.2, 0.25) is 0 Å². The molecule has 30 heavy (non-hydrogen) atoms. The smallest absolute Gasteiger partial charge is 0.296 e. The van der Waals surface area contributed by atoms with Crippen LogP contribution in [0.5, 0.6) is 0 Å². The Kier molecular flexibility index (Phi) is 4.70. The molecule has 8 nitrogen and oxygen atoms in total. The highest BCUT2D eigenvalue weighted by molar-refractivity contribution is 7.22. The maximum absolute atomic E-state index is 13.1. The number of non-ortho nitro benzene ring substituents is 1. The number of rotatable bonds is 4. The summed E-state index contributed by atoms with van der Waals surface area (Å²) in [6.45, 7) is 5.18. The van der Waals surface area contributed by atoms with Crippen molar-refractivity contribution in [2.45, 2.75) is 26.8 Å². The van der Waals surface area contributed by atoms with Crippen molar-refractivity contribution in [1.82, 2.24) is 4.98 Å². The first-order chi connectivity index (χ1) is 14.1. The van der Waals surface area contributed by atoms with Gasteiger partial charge in [-0.3, -0.25) is 24.6 Å². The van der Waals surface area contributed by atoms with Gasteiger partial charge < -0.3 is 5.11 Å². The number of anilines is 1. The monoisotopic (exact) mass is 443 g/mol. The molecule has 1 amide bonds. The van der Waals surface area contributed by atoms with Crippen molar-refractivity contribution >= 4 is 55.4 Å². The zero-order valence-electron chi connectivity index (χ0n) is 16.3. The minimum atomic E-state index is -0.806. The number of nitro benzene ring substituents is 1. The number of Topliss-reactive ketones (excluding diaryl/α,β-unsaturated/α-hetero) is 1. The quantitative estimate of drug-likeness (QED) is 0.458. The number of carbonyl (C=O) groups excluding carboxylic acids is 2. The van der Waals surface area contributed by atoms with E-state index in [2.05, 4.69) is 4.98 Å². The number of ketones is 1. The molecule has 0 aliphatic carbocycles. The van der Waals surface area contributed by atoms with Crippen LogP contribution in [0, 0.1) is 15.5 Å². The second kappa shape index (κ2) is 6.99. The van der Waals surface area contributed by atoms with Crippen molar-refractivity contribution in [2.75, 3.05) is 4.90 Å². The molecule has 0 spiro atoms. The maximum Gasteiger partial charge on any atom is 0.296 e. The Morgan fingerprint density at radius 1 is 1.30 bits per heavy atom. The van der Waals surface area contributed by atoms with E-state index in [9.17, 15) is 24.8 Å². The average molecular weight is 444 g/mol. The van der Waals surface area contributed by atoms with Gasteiger partial charge in [0.1, 0.15) is 6.04 Å². The Morgan fingerprint density at radius 3 is 2.63 bits per heavy atom. The molecule has 3 heterocycles. The number of benzene rings is 1. The van der Waals surface area contributed by atoms with Crippen molar-refractivity contribution in [3.63, 3.8) is 0 Å². The fraction of sp³-hybridized carbons (Fsp3) is 0.250. The summed E-state index contributed by atoms with van der Waals surface area (Å²) in [5, 5.41) is 23.8. The number of aliphatic hydroxyl groups excluding tert-OH is 1. The number of amides is 1. The Hall–Kier alpha value is -3.11. The van der Waals surface area contributed by atoms with E-state index < -0.39 is 28.0 Å². The molecule has 1 N–H and O–H groups in total. The highest BCUT2D eigenvalue weighted by Crippen LogP contribution is 2.46. The van der Waals surface area contributed by atoms with Crippen LogP contribution < -0.4 is 4.90 Å². The number of thiazole rings is 1. The van der Waals surface area contributed by atoms with Gasteiger partial charge in [-0.25, -0.2) is 4.98 Å². The fourth-order valence-corrected chi connectivity index (χ4v) is 5.12. The number of nitro groups is 1. The first kappa shape index (κ1) is 20.2. The number of aromatic nitrogens is 1. The van der Waals surface area contributed by atoms with Crippen LogP contribution in [0.25, 0.3) is 10.2 Å². The zero-order chi connectivity index (χ0) is 21.8. The second-order valence-corrected chi connectivity index (χ2v) is 9.83. The predicted octanol–water partition coefficient (Wildman–Crippen LogP) is 4.78. The highest BCUT2D eigenvalue weighted by atomic mass is 32.1. The molecular weight excluding hydrogens is 426 g/mol. The lowest BCUT2D eigenvalue weighted by molar-refractivity contribution is -0.384. The van der Waals surface area contributed by atoms with Crippen LogP contribution in [-0.4, -0.2) is 26.7 Å². The summed E-state index contributed by atoms with van der Waals surface area (Å²) in [7, 11) is 0. The van der Waals surface area contributed by atoms with E-state index >= 15 is 0 Å². The molecule has 3 aromatic rings. The number of fused-ring (bicyclic) bond motifs is 1. The van der Waals surface area contributed by atoms with Gasteiger partial charge in [-0.2, -0.15) is 0 Å². The number of aliphatic hydroxyl groups is 1. The predicted molar refractivity (Wildman–Crippen MR) is 115 cm³/mol. The van der Waals surface area contributed by atoms with Crippen LogP contribution in [0.15, 0.2) is 47.0 Å². The van der Waals surface area contributed by atoms with E-state index in [1.165, 1.54) is 34.4 Å². The van der Waals surface area contributed by atoms with Gasteiger partial charge in [0, 0.05) is 22.4 Å². The van der Waals surface area contributed by atoms with Gasteiger partial charge >= 0.3 is 0 Å². The molecule has 0 bridgehead atoms. The van der Waals surface area contributed by atoms with Crippen molar-refractivity contribution in [3.05, 3.63) is 62.0 Å². The normalized spacial score (nSPS) is 17.2. The first-order valence-corrected chi connectivity index (χ1v) is 10.7. The van der Waals surface area contributed by atoms with E-state index in [0.717, 1.165) is 11.3 Å². The van der Waals surface area contributed by atoms with Crippen LogP contribution in [0.3, 0.4) is 0 Å². The second-order valence-electron chi connectivity index (χ2n) is 7.84. The molecule has 4 rings (SSSR count). The Morgan fingerprint density at radius 2 is 2.03 bits per heavy atom. The summed E-state index contributed by atoms with van der Waals surface area (Å²) in [5.41, 5.74) is -0.345. The molecular formula is C20H17N3O5S2. The molecule has 10 heteroatoms. The summed E-state index contributed by atoms with van der Waals surface area (Å²) in [6, 6.07) is 7.05. The topological polar surface area (TPSA) is 114 Å². The molecule has 1 atom stereocenters. The van der Waals surface area contributed by atoms with Crippen LogP contribution in [0.4, 0.5) is 10.8 Å². The summed E-state index contributed by atoms with van der Waals surface area (Å²) in [5.74, 6) is -1.63. The highest BCUT2D eigenvalue weighted by Gasteiger charge is 2.48. The summed E-state index contributed by atoms with van der Waals surface area (Å²) >= 11 is 2.46. The third-order valence-corrected chi connectivity index (χ3v) is 6.67. The molecule has 0 saturated carbocycles. The Balaban J connectivity index is 1.87. The third-order valence-electron chi connectivity index (χ3n) is 4.72. The van der Waals surface area contributed by atoms with E-state index in [4.69, 9.17) is 0 Å². The van der Waals surface area contributed by atoms with E-state index in [1.807, 2.05) is 5.38 Å². The minimum absolute atomic E-state index is 0.0418. The standard InChI is InChI=1S/C20H17N3O5S2/c1-20(2,3)17(25)14-15(12-5-4-8-29-12)22(18(26)16(14)24)19-21-11-7-6-10(23(27)28)9-13(11)30-19/h4-9,15,24H,1-3H3. The van der Waals surface area contributed by atoms with Crippen LogP contribution in [0.2, 0.25) is 0 Å². The number of hydrogen-bond acceptors (Lipinski definition) is 8. The summed E-state index contributed by atoms with van der Waals surface area (Å²) in [6.07, 6.45) is 0. The van der Waals surface area contributed by atoms with Gasteiger partial charge in [-0.05, 0) is 17.5 Å². The Bertz CT molecular complexity index is 1220. The lowest BCUT2D eigenvalue weighted by Gasteiger charge is -2.26. The number of carbonyl (C=O) groups is 2. The van der Waals surface area contributed by atoms with Crippen molar-refractivity contribution in [3.8, 4) is 0 Å². The maximum atomic E-state index is 13.1. The molecule has 2 aromatic heterocycles. The molecule has 1 unspecified atom stereocenters. The lowest BCUT2D eigenvalue weighted by Crippen LogP contribution is -2.32. The minimum Gasteiger partial charge on any atom is -0.503 e. The van der Waals surface area contributed by atoms with Crippen molar-refractivity contribution < 1.29 is 19.6 Å². The van der Waals surface area contributed by atoms with Crippen molar-refractivity contribution in [1.29, 1.82) is 0 Å². The fourth-order valence-electron chi connectivity index (χ4n) is 3.27. The molecule has 1 aromatic carbocycles. The van der Waals surface area contributed by atoms with Crippen molar-refractivity contribution in [2.24, 2.45) is 5.41 Å². The SMILES string of the molecule is CC(C)(C)C(=O)C1=C(O)C(=O)N(c2nc3ccc([N+](=O)[O-])cc3s2)C1c1cccs1. The largest absolute Gasteiger partial charge is 0.503 e.